The van der Waals surface area contributed by atoms with Gasteiger partial charge in [0.15, 0.2) is 0 Å². The topological polar surface area (TPSA) is 126 Å². The minimum Gasteiger partial charge on any atom is -0.366 e. The molecule has 0 unspecified atom stereocenters. The summed E-state index contributed by atoms with van der Waals surface area (Å²) in [5.41, 5.74) is 7.91. The van der Waals surface area contributed by atoms with Crippen LogP contribution in [0.15, 0.2) is 42.7 Å². The molecular formula is C27H33N5O4. The van der Waals surface area contributed by atoms with Gasteiger partial charge in [-0.2, -0.15) is 0 Å². The number of nitrogens with two attached hydrogens (primary N) is 1. The second-order valence-corrected chi connectivity index (χ2v) is 9.89. The monoisotopic (exact) mass is 491 g/mol. The summed E-state index contributed by atoms with van der Waals surface area (Å²) in [6, 6.07) is 9.51. The lowest BCUT2D eigenvalue weighted by Crippen LogP contribution is -2.46. The van der Waals surface area contributed by atoms with Crippen molar-refractivity contribution in [3.05, 3.63) is 59.4 Å². The molecule has 9 heteroatoms. The van der Waals surface area contributed by atoms with Crippen molar-refractivity contribution in [2.45, 2.75) is 51.5 Å². The SMILES string of the molecule is CC(=O)N1CCC(c2cccc([C@@H]3CC[C@@H](C)CN3C(=O)C(=O)Nc3cncc(C(N)=O)c3)c2)CC1. The van der Waals surface area contributed by atoms with Gasteiger partial charge < -0.3 is 20.9 Å². The fourth-order valence-electron chi connectivity index (χ4n) is 5.23. The molecular weight excluding hydrogens is 458 g/mol. The molecule has 0 bridgehead atoms. The van der Waals surface area contributed by atoms with E-state index in [1.807, 2.05) is 17.0 Å². The fourth-order valence-corrected chi connectivity index (χ4v) is 5.23. The van der Waals surface area contributed by atoms with Crippen LogP contribution >= 0.6 is 0 Å². The van der Waals surface area contributed by atoms with Gasteiger partial charge in [0.05, 0.1) is 23.5 Å². The lowest BCUT2D eigenvalue weighted by atomic mass is 9.85. The van der Waals surface area contributed by atoms with Crippen LogP contribution < -0.4 is 11.1 Å². The number of anilines is 1. The maximum Gasteiger partial charge on any atom is 0.313 e. The number of rotatable bonds is 4. The Morgan fingerprint density at radius 1 is 1.00 bits per heavy atom. The summed E-state index contributed by atoms with van der Waals surface area (Å²) in [6.45, 7) is 5.67. The third kappa shape index (κ3) is 5.72. The normalized spacial score (nSPS) is 20.6. The Balaban J connectivity index is 1.50. The Labute approximate surface area is 211 Å². The Bertz CT molecular complexity index is 1160. The summed E-state index contributed by atoms with van der Waals surface area (Å²) >= 11 is 0. The first-order chi connectivity index (χ1) is 17.2. The zero-order chi connectivity index (χ0) is 25.8. The van der Waals surface area contributed by atoms with Crippen LogP contribution in [0.2, 0.25) is 0 Å². The number of carbonyl (C=O) groups excluding carboxylic acids is 4. The number of benzene rings is 1. The van der Waals surface area contributed by atoms with Crippen LogP contribution in [0.3, 0.4) is 0 Å². The van der Waals surface area contributed by atoms with E-state index in [1.54, 1.807) is 11.8 Å². The molecule has 190 valence electrons. The molecule has 36 heavy (non-hydrogen) atoms. The number of aromatic nitrogens is 1. The van der Waals surface area contributed by atoms with Gasteiger partial charge in [0.2, 0.25) is 11.8 Å². The van der Waals surface area contributed by atoms with Gasteiger partial charge in [-0.3, -0.25) is 24.2 Å². The van der Waals surface area contributed by atoms with Crippen LogP contribution in [0.4, 0.5) is 5.69 Å². The Hall–Kier alpha value is -3.75. The summed E-state index contributed by atoms with van der Waals surface area (Å²) in [6.07, 6.45) is 6.23. The van der Waals surface area contributed by atoms with Crippen molar-refractivity contribution in [3.8, 4) is 0 Å². The molecule has 3 heterocycles. The lowest BCUT2D eigenvalue weighted by molar-refractivity contribution is -0.146. The standard InChI is InChI=1S/C27H33N5O4/c1-17-6-7-24(21-5-3-4-20(12-21)19-8-10-31(11-9-19)18(2)33)32(16-17)27(36)26(35)30-23-13-22(25(28)34)14-29-15-23/h3-5,12-15,17,19,24H,6-11,16H2,1-2H3,(H2,28,34)(H,30,35)/t17-,24+/m1/s1. The Kier molecular flexibility index (Phi) is 7.67. The number of nitrogens with one attached hydrogen (secondary N) is 1. The van der Waals surface area contributed by atoms with Crippen molar-refractivity contribution in [1.29, 1.82) is 0 Å². The molecule has 2 aromatic rings. The molecule has 4 amide bonds. The summed E-state index contributed by atoms with van der Waals surface area (Å²) in [7, 11) is 0. The smallest absolute Gasteiger partial charge is 0.313 e. The predicted octanol–water partition coefficient (Wildman–Crippen LogP) is 2.84. The first kappa shape index (κ1) is 25.3. The molecule has 1 aromatic carbocycles. The first-order valence-corrected chi connectivity index (χ1v) is 12.4. The molecule has 3 N–H and O–H groups in total. The number of likely N-dealkylation sites (tertiary alicyclic amines) is 2. The summed E-state index contributed by atoms with van der Waals surface area (Å²) < 4.78 is 0. The van der Waals surface area contributed by atoms with Gasteiger partial charge in [0.25, 0.3) is 0 Å². The molecule has 2 aliphatic rings. The van der Waals surface area contributed by atoms with Crippen molar-refractivity contribution in [1.82, 2.24) is 14.8 Å². The second-order valence-electron chi connectivity index (χ2n) is 9.89. The van der Waals surface area contributed by atoms with Crippen molar-refractivity contribution in [3.63, 3.8) is 0 Å². The number of hydrogen-bond donors (Lipinski definition) is 2. The van der Waals surface area contributed by atoms with Gasteiger partial charge >= 0.3 is 11.8 Å². The summed E-state index contributed by atoms with van der Waals surface area (Å²) in [5.74, 6) is -1.30. The molecule has 0 spiro atoms. The molecule has 0 radical (unpaired) electrons. The maximum atomic E-state index is 13.3. The zero-order valence-corrected chi connectivity index (χ0v) is 20.8. The molecule has 1 aromatic heterocycles. The Morgan fingerprint density at radius 2 is 1.72 bits per heavy atom. The van der Waals surface area contributed by atoms with Gasteiger partial charge in [-0.25, -0.2) is 0 Å². The summed E-state index contributed by atoms with van der Waals surface area (Å²) in [4.78, 5) is 56.8. The number of piperidine rings is 2. The van der Waals surface area contributed by atoms with E-state index in [4.69, 9.17) is 5.73 Å². The number of primary amides is 1. The van der Waals surface area contributed by atoms with Crippen molar-refractivity contribution >= 4 is 29.3 Å². The van der Waals surface area contributed by atoms with Crippen LogP contribution in [0.5, 0.6) is 0 Å². The van der Waals surface area contributed by atoms with Crippen molar-refractivity contribution < 1.29 is 19.2 Å². The molecule has 2 saturated heterocycles. The van der Waals surface area contributed by atoms with Crippen LogP contribution in [0.25, 0.3) is 0 Å². The van der Waals surface area contributed by atoms with E-state index in [1.165, 1.54) is 24.0 Å². The Morgan fingerprint density at radius 3 is 2.42 bits per heavy atom. The van der Waals surface area contributed by atoms with Crippen LogP contribution in [0, 0.1) is 5.92 Å². The number of pyridine rings is 1. The van der Waals surface area contributed by atoms with Crippen molar-refractivity contribution in [2.24, 2.45) is 11.7 Å². The lowest BCUT2D eigenvalue weighted by Gasteiger charge is -2.39. The minimum absolute atomic E-state index is 0.114. The molecule has 2 fully saturated rings. The molecule has 0 saturated carbocycles. The molecule has 0 aliphatic carbocycles. The highest BCUT2D eigenvalue weighted by atomic mass is 16.2. The van der Waals surface area contributed by atoms with Gasteiger partial charge in [0.1, 0.15) is 0 Å². The van der Waals surface area contributed by atoms with E-state index in [0.29, 0.717) is 12.5 Å². The van der Waals surface area contributed by atoms with Crippen molar-refractivity contribution in [2.75, 3.05) is 25.0 Å². The maximum absolute atomic E-state index is 13.3. The first-order valence-electron chi connectivity index (χ1n) is 12.4. The van der Waals surface area contributed by atoms with E-state index in [-0.39, 0.29) is 29.1 Å². The summed E-state index contributed by atoms with van der Waals surface area (Å²) in [5, 5.41) is 2.56. The number of amides is 4. The van der Waals surface area contributed by atoms with E-state index >= 15 is 0 Å². The van der Waals surface area contributed by atoms with Crippen LogP contribution in [-0.4, -0.2) is 58.0 Å². The third-order valence-corrected chi connectivity index (χ3v) is 7.26. The highest BCUT2D eigenvalue weighted by Crippen LogP contribution is 2.36. The van der Waals surface area contributed by atoms with Gasteiger partial charge in [-0.1, -0.05) is 31.2 Å². The zero-order valence-electron chi connectivity index (χ0n) is 20.8. The van der Waals surface area contributed by atoms with E-state index in [9.17, 15) is 19.2 Å². The number of hydrogen-bond acceptors (Lipinski definition) is 5. The molecule has 2 atom stereocenters. The van der Waals surface area contributed by atoms with Gasteiger partial charge in [-0.05, 0) is 54.7 Å². The highest BCUT2D eigenvalue weighted by Gasteiger charge is 2.34. The molecule has 9 nitrogen and oxygen atoms in total. The molecule has 2 aliphatic heterocycles. The van der Waals surface area contributed by atoms with Crippen LogP contribution in [0.1, 0.15) is 73.0 Å². The van der Waals surface area contributed by atoms with E-state index < -0.39 is 17.7 Å². The molecule has 4 rings (SSSR count). The average Bonchev–Trinajstić information content (AvgIpc) is 2.88. The predicted molar refractivity (Wildman–Crippen MR) is 135 cm³/mol. The van der Waals surface area contributed by atoms with Crippen LogP contribution in [-0.2, 0) is 14.4 Å². The highest BCUT2D eigenvalue weighted by molar-refractivity contribution is 6.39. The second kappa shape index (κ2) is 10.9. The van der Waals surface area contributed by atoms with E-state index in [0.717, 1.165) is 44.3 Å². The third-order valence-electron chi connectivity index (χ3n) is 7.26. The fraction of sp³-hybridized carbons (Fsp3) is 0.444. The average molecular weight is 492 g/mol. The number of carbonyl (C=O) groups is 4. The van der Waals surface area contributed by atoms with Gasteiger partial charge in [-0.15, -0.1) is 0 Å². The van der Waals surface area contributed by atoms with Gasteiger partial charge in [0, 0.05) is 32.8 Å². The van der Waals surface area contributed by atoms with E-state index in [2.05, 4.69) is 29.4 Å². The quantitative estimate of drug-likeness (QED) is 0.636. The largest absolute Gasteiger partial charge is 0.366 e. The number of nitrogens with zero attached hydrogens (tertiary/aromatic N) is 3. The minimum atomic E-state index is -0.773.